The van der Waals surface area contributed by atoms with Gasteiger partial charge in [-0.25, -0.2) is 9.97 Å². The Balaban J connectivity index is 1.86. The van der Waals surface area contributed by atoms with E-state index in [-0.39, 0.29) is 6.61 Å². The van der Waals surface area contributed by atoms with Crippen LogP contribution < -0.4 is 4.74 Å². The minimum absolute atomic E-state index is 0.268. The van der Waals surface area contributed by atoms with Crippen LogP contribution in [-0.2, 0) is 13.7 Å². The standard InChI is InChI=1S/C15H15ClN4O/c1-9-4-10(2)6-11(5-9)21-8-13-18-14(16)12-7-17-20(3)15(12)19-13/h4-7H,8H2,1-3H3. The van der Waals surface area contributed by atoms with Gasteiger partial charge in [-0.05, 0) is 37.1 Å². The summed E-state index contributed by atoms with van der Waals surface area (Å²) in [5, 5.41) is 5.27. The second kappa shape index (κ2) is 5.33. The molecule has 2 heterocycles. The second-order valence-electron chi connectivity index (χ2n) is 5.05. The van der Waals surface area contributed by atoms with Gasteiger partial charge in [-0.3, -0.25) is 4.68 Å². The average molecular weight is 303 g/mol. The Morgan fingerprint density at radius 1 is 1.14 bits per heavy atom. The molecule has 0 N–H and O–H groups in total. The molecule has 3 rings (SSSR count). The highest BCUT2D eigenvalue weighted by Gasteiger charge is 2.10. The molecule has 0 radical (unpaired) electrons. The lowest BCUT2D eigenvalue weighted by Gasteiger charge is -2.08. The van der Waals surface area contributed by atoms with Crippen molar-refractivity contribution in [2.24, 2.45) is 7.05 Å². The Kier molecular flexibility index (Phi) is 3.51. The highest BCUT2D eigenvalue weighted by molar-refractivity contribution is 6.33. The summed E-state index contributed by atoms with van der Waals surface area (Å²) in [6.45, 7) is 4.34. The zero-order valence-electron chi connectivity index (χ0n) is 12.1. The van der Waals surface area contributed by atoms with Crippen LogP contribution in [0.25, 0.3) is 11.0 Å². The predicted octanol–water partition coefficient (Wildman–Crippen LogP) is 3.21. The largest absolute Gasteiger partial charge is 0.486 e. The van der Waals surface area contributed by atoms with Crippen LogP contribution in [0.1, 0.15) is 17.0 Å². The van der Waals surface area contributed by atoms with E-state index in [9.17, 15) is 0 Å². The first-order chi connectivity index (χ1) is 10.0. The van der Waals surface area contributed by atoms with Crippen molar-refractivity contribution in [2.45, 2.75) is 20.5 Å². The van der Waals surface area contributed by atoms with E-state index in [1.54, 1.807) is 10.9 Å². The summed E-state index contributed by atoms with van der Waals surface area (Å²) in [6.07, 6.45) is 1.66. The van der Waals surface area contributed by atoms with Gasteiger partial charge < -0.3 is 4.74 Å². The third kappa shape index (κ3) is 2.83. The van der Waals surface area contributed by atoms with Crippen LogP contribution in [0.3, 0.4) is 0 Å². The van der Waals surface area contributed by atoms with Crippen LogP contribution in [-0.4, -0.2) is 19.7 Å². The van der Waals surface area contributed by atoms with Crippen LogP contribution >= 0.6 is 11.6 Å². The van der Waals surface area contributed by atoms with Gasteiger partial charge >= 0.3 is 0 Å². The summed E-state index contributed by atoms with van der Waals surface area (Å²) in [6, 6.07) is 6.07. The van der Waals surface area contributed by atoms with Crippen LogP contribution in [0, 0.1) is 13.8 Å². The van der Waals surface area contributed by atoms with Crippen molar-refractivity contribution in [2.75, 3.05) is 0 Å². The molecule has 0 bridgehead atoms. The van der Waals surface area contributed by atoms with Crippen molar-refractivity contribution in [1.82, 2.24) is 19.7 Å². The van der Waals surface area contributed by atoms with Gasteiger partial charge in [0.2, 0.25) is 0 Å². The number of ether oxygens (including phenoxy) is 1. The van der Waals surface area contributed by atoms with E-state index in [0.717, 1.165) is 22.3 Å². The molecular formula is C15H15ClN4O. The maximum Gasteiger partial charge on any atom is 0.170 e. The van der Waals surface area contributed by atoms with Crippen molar-refractivity contribution < 1.29 is 4.74 Å². The summed E-state index contributed by atoms with van der Waals surface area (Å²) >= 11 is 6.15. The summed E-state index contributed by atoms with van der Waals surface area (Å²) in [5.74, 6) is 1.34. The number of hydrogen-bond donors (Lipinski definition) is 0. The molecule has 0 aliphatic rings. The van der Waals surface area contributed by atoms with E-state index in [1.807, 2.05) is 33.0 Å². The molecule has 3 aromatic rings. The number of rotatable bonds is 3. The summed E-state index contributed by atoms with van der Waals surface area (Å²) in [4.78, 5) is 8.69. The molecule has 0 saturated heterocycles. The number of nitrogens with zero attached hydrogens (tertiary/aromatic N) is 4. The fourth-order valence-corrected chi connectivity index (χ4v) is 2.49. The van der Waals surface area contributed by atoms with Crippen molar-refractivity contribution in [3.05, 3.63) is 46.5 Å². The van der Waals surface area contributed by atoms with Crippen molar-refractivity contribution in [3.63, 3.8) is 0 Å². The lowest BCUT2D eigenvalue weighted by Crippen LogP contribution is -2.04. The average Bonchev–Trinajstić information content (AvgIpc) is 2.78. The minimum atomic E-state index is 0.268. The van der Waals surface area contributed by atoms with Crippen LogP contribution in [0.15, 0.2) is 24.4 Å². The van der Waals surface area contributed by atoms with Crippen LogP contribution in [0.4, 0.5) is 0 Å². The first-order valence-corrected chi connectivity index (χ1v) is 6.96. The van der Waals surface area contributed by atoms with Crippen molar-refractivity contribution >= 4 is 22.6 Å². The molecule has 1 aromatic carbocycles. The molecule has 0 aliphatic heterocycles. The van der Waals surface area contributed by atoms with Gasteiger partial charge in [0.05, 0.1) is 11.6 Å². The maximum atomic E-state index is 6.15. The zero-order valence-corrected chi connectivity index (χ0v) is 12.8. The molecule has 0 amide bonds. The fourth-order valence-electron chi connectivity index (χ4n) is 2.26. The van der Waals surface area contributed by atoms with Gasteiger partial charge in [0.25, 0.3) is 0 Å². The molecule has 0 atom stereocenters. The van der Waals surface area contributed by atoms with Gasteiger partial charge in [0.15, 0.2) is 11.5 Å². The van der Waals surface area contributed by atoms with Gasteiger partial charge in [-0.15, -0.1) is 0 Å². The number of benzene rings is 1. The third-order valence-electron chi connectivity index (χ3n) is 3.16. The Hall–Kier alpha value is -2.14. The molecule has 5 nitrogen and oxygen atoms in total. The van der Waals surface area contributed by atoms with Crippen LogP contribution in [0.2, 0.25) is 5.15 Å². The zero-order chi connectivity index (χ0) is 15.0. The van der Waals surface area contributed by atoms with E-state index < -0.39 is 0 Å². The van der Waals surface area contributed by atoms with Crippen LogP contribution in [0.5, 0.6) is 5.75 Å². The SMILES string of the molecule is Cc1cc(C)cc(OCc2nc(Cl)c3cnn(C)c3n2)c1. The normalized spacial score (nSPS) is 11.0. The lowest BCUT2D eigenvalue weighted by molar-refractivity contribution is 0.296. The quantitative estimate of drug-likeness (QED) is 0.697. The topological polar surface area (TPSA) is 52.8 Å². The number of aryl methyl sites for hydroxylation is 3. The summed E-state index contributed by atoms with van der Waals surface area (Å²) < 4.78 is 7.43. The molecule has 108 valence electrons. The molecule has 0 fully saturated rings. The van der Waals surface area contributed by atoms with Crippen molar-refractivity contribution in [3.8, 4) is 5.75 Å². The van der Waals surface area contributed by atoms with Gasteiger partial charge in [0, 0.05) is 7.05 Å². The Labute approximate surface area is 127 Å². The molecule has 21 heavy (non-hydrogen) atoms. The molecular weight excluding hydrogens is 288 g/mol. The first kappa shape index (κ1) is 13.8. The number of aromatic nitrogens is 4. The molecule has 6 heteroatoms. The molecule has 0 saturated carbocycles. The molecule has 0 aliphatic carbocycles. The highest BCUT2D eigenvalue weighted by Crippen LogP contribution is 2.21. The predicted molar refractivity (Wildman–Crippen MR) is 81.6 cm³/mol. The monoisotopic (exact) mass is 302 g/mol. The summed E-state index contributed by atoms with van der Waals surface area (Å²) in [7, 11) is 1.82. The maximum absolute atomic E-state index is 6.15. The van der Waals surface area contributed by atoms with Gasteiger partial charge in [-0.2, -0.15) is 5.10 Å². The van der Waals surface area contributed by atoms with Crippen molar-refractivity contribution in [1.29, 1.82) is 0 Å². The second-order valence-corrected chi connectivity index (χ2v) is 5.41. The first-order valence-electron chi connectivity index (χ1n) is 6.58. The molecule has 2 aromatic heterocycles. The Morgan fingerprint density at radius 2 is 1.86 bits per heavy atom. The number of fused-ring (bicyclic) bond motifs is 1. The number of halogens is 1. The van der Waals surface area contributed by atoms with E-state index in [4.69, 9.17) is 16.3 Å². The lowest BCUT2D eigenvalue weighted by atomic mass is 10.1. The third-order valence-corrected chi connectivity index (χ3v) is 3.44. The smallest absolute Gasteiger partial charge is 0.170 e. The Morgan fingerprint density at radius 3 is 2.57 bits per heavy atom. The van der Waals surface area contributed by atoms with E-state index in [0.29, 0.717) is 16.6 Å². The van der Waals surface area contributed by atoms with Gasteiger partial charge in [-0.1, -0.05) is 17.7 Å². The Bertz CT molecular complexity index is 793. The van der Waals surface area contributed by atoms with E-state index >= 15 is 0 Å². The van der Waals surface area contributed by atoms with E-state index in [2.05, 4.69) is 21.1 Å². The minimum Gasteiger partial charge on any atom is -0.486 e. The summed E-state index contributed by atoms with van der Waals surface area (Å²) in [5.41, 5.74) is 3.02. The van der Waals surface area contributed by atoms with Gasteiger partial charge in [0.1, 0.15) is 17.5 Å². The molecule has 0 unspecified atom stereocenters. The fraction of sp³-hybridized carbons (Fsp3) is 0.267. The highest BCUT2D eigenvalue weighted by atomic mass is 35.5. The molecule has 0 spiro atoms. The number of hydrogen-bond acceptors (Lipinski definition) is 4. The van der Waals surface area contributed by atoms with E-state index in [1.165, 1.54) is 0 Å².